The maximum absolute atomic E-state index is 11.2. The number of rotatable bonds is 1. The van der Waals surface area contributed by atoms with E-state index >= 15 is 0 Å². The van der Waals surface area contributed by atoms with Crippen LogP contribution in [0, 0.1) is 6.92 Å². The molecule has 0 bridgehead atoms. The van der Waals surface area contributed by atoms with Crippen molar-refractivity contribution in [2.45, 2.75) is 12.7 Å². The van der Waals surface area contributed by atoms with E-state index in [1.165, 1.54) is 6.07 Å². The van der Waals surface area contributed by atoms with Gasteiger partial charge < -0.3 is 4.42 Å². The molecule has 1 aromatic heterocycles. The molecule has 0 fully saturated rings. The largest absolute Gasteiger partial charge is 0.423 e. The molecular weight excluding hydrogens is 196 g/mol. The molecular formula is C11H10O2S. The van der Waals surface area contributed by atoms with Crippen LogP contribution in [0.3, 0.4) is 0 Å². The van der Waals surface area contributed by atoms with Crippen LogP contribution in [-0.4, -0.2) is 0 Å². The lowest BCUT2D eigenvalue weighted by molar-refractivity contribution is 0.559. The number of benzene rings is 1. The Labute approximate surface area is 87.0 Å². The van der Waals surface area contributed by atoms with Gasteiger partial charge in [-0.1, -0.05) is 12.1 Å². The van der Waals surface area contributed by atoms with Crippen molar-refractivity contribution < 1.29 is 4.42 Å². The molecule has 1 aromatic carbocycles. The van der Waals surface area contributed by atoms with Gasteiger partial charge in [-0.25, -0.2) is 4.79 Å². The van der Waals surface area contributed by atoms with Crippen LogP contribution in [0.25, 0.3) is 11.0 Å². The van der Waals surface area contributed by atoms with Gasteiger partial charge in [-0.2, -0.15) is 12.6 Å². The van der Waals surface area contributed by atoms with E-state index in [1.807, 2.05) is 25.1 Å². The van der Waals surface area contributed by atoms with E-state index in [9.17, 15) is 4.79 Å². The Balaban J connectivity index is 2.87. The minimum absolute atomic E-state index is 0.313. The zero-order valence-electron chi connectivity index (χ0n) is 7.78. The summed E-state index contributed by atoms with van der Waals surface area (Å²) in [6.45, 7) is 1.97. The Bertz CT molecular complexity index is 528. The number of aryl methyl sites for hydroxylation is 1. The Kier molecular flexibility index (Phi) is 2.33. The van der Waals surface area contributed by atoms with Crippen molar-refractivity contribution in [2.24, 2.45) is 0 Å². The highest BCUT2D eigenvalue weighted by molar-refractivity contribution is 7.79. The molecule has 0 N–H and O–H groups in total. The summed E-state index contributed by atoms with van der Waals surface area (Å²) in [5.74, 6) is 0.547. The molecule has 0 amide bonds. The van der Waals surface area contributed by atoms with Gasteiger partial charge in [0.2, 0.25) is 0 Å². The van der Waals surface area contributed by atoms with E-state index in [0.29, 0.717) is 11.3 Å². The Morgan fingerprint density at radius 2 is 2.14 bits per heavy atom. The fourth-order valence-corrected chi connectivity index (χ4v) is 1.73. The summed E-state index contributed by atoms with van der Waals surface area (Å²) in [5.41, 5.74) is 2.32. The predicted molar refractivity (Wildman–Crippen MR) is 59.9 cm³/mol. The number of hydrogen-bond donors (Lipinski definition) is 1. The van der Waals surface area contributed by atoms with E-state index < -0.39 is 0 Å². The van der Waals surface area contributed by atoms with Crippen LogP contribution in [0.15, 0.2) is 33.5 Å². The Morgan fingerprint density at radius 1 is 1.36 bits per heavy atom. The van der Waals surface area contributed by atoms with Crippen molar-refractivity contribution >= 4 is 23.6 Å². The van der Waals surface area contributed by atoms with Gasteiger partial charge in [0.05, 0.1) is 0 Å². The van der Waals surface area contributed by atoms with Crippen LogP contribution >= 0.6 is 12.6 Å². The quantitative estimate of drug-likeness (QED) is 0.574. The molecule has 0 aliphatic heterocycles. The molecule has 0 saturated carbocycles. The van der Waals surface area contributed by atoms with Crippen molar-refractivity contribution in [3.8, 4) is 0 Å². The van der Waals surface area contributed by atoms with Gasteiger partial charge in [0.1, 0.15) is 5.58 Å². The third kappa shape index (κ3) is 1.55. The van der Waals surface area contributed by atoms with E-state index in [-0.39, 0.29) is 5.63 Å². The molecule has 2 aromatic rings. The van der Waals surface area contributed by atoms with Gasteiger partial charge >= 0.3 is 5.63 Å². The zero-order valence-corrected chi connectivity index (χ0v) is 8.67. The maximum atomic E-state index is 11.2. The summed E-state index contributed by atoms with van der Waals surface area (Å²) >= 11 is 4.18. The van der Waals surface area contributed by atoms with Crippen molar-refractivity contribution in [1.29, 1.82) is 0 Å². The zero-order chi connectivity index (χ0) is 10.1. The van der Waals surface area contributed by atoms with Gasteiger partial charge in [0.25, 0.3) is 0 Å². The van der Waals surface area contributed by atoms with Gasteiger partial charge in [-0.3, -0.25) is 0 Å². The normalized spacial score (nSPS) is 10.7. The maximum Gasteiger partial charge on any atom is 0.336 e. The van der Waals surface area contributed by atoms with Crippen molar-refractivity contribution in [3.05, 3.63) is 45.8 Å². The van der Waals surface area contributed by atoms with E-state index in [1.54, 1.807) is 0 Å². The van der Waals surface area contributed by atoms with E-state index in [4.69, 9.17) is 4.42 Å². The average Bonchev–Trinajstić information content (AvgIpc) is 2.15. The van der Waals surface area contributed by atoms with Crippen LogP contribution in [0.5, 0.6) is 0 Å². The highest BCUT2D eigenvalue weighted by Crippen LogP contribution is 2.19. The summed E-state index contributed by atoms with van der Waals surface area (Å²) in [4.78, 5) is 11.2. The van der Waals surface area contributed by atoms with Gasteiger partial charge in [0.15, 0.2) is 0 Å². The molecule has 3 heteroatoms. The second kappa shape index (κ2) is 3.50. The molecule has 14 heavy (non-hydrogen) atoms. The minimum atomic E-state index is -0.313. The number of fused-ring (bicyclic) bond motifs is 1. The van der Waals surface area contributed by atoms with Gasteiger partial charge in [-0.05, 0) is 24.1 Å². The van der Waals surface area contributed by atoms with E-state index in [2.05, 4.69) is 12.6 Å². The smallest absolute Gasteiger partial charge is 0.336 e. The molecule has 2 rings (SSSR count). The molecule has 72 valence electrons. The molecule has 0 aliphatic carbocycles. The lowest BCUT2D eigenvalue weighted by Gasteiger charge is -2.02. The second-order valence-electron chi connectivity index (χ2n) is 3.25. The average molecular weight is 206 g/mol. The standard InChI is InChI=1S/C11H10O2S/c1-7-2-3-9-8(6-14)5-11(12)13-10(9)4-7/h2-5,14H,6H2,1H3. The summed E-state index contributed by atoms with van der Waals surface area (Å²) in [6, 6.07) is 7.31. The minimum Gasteiger partial charge on any atom is -0.423 e. The third-order valence-corrected chi connectivity index (χ3v) is 2.50. The lowest BCUT2D eigenvalue weighted by Crippen LogP contribution is -1.99. The lowest BCUT2D eigenvalue weighted by atomic mass is 10.1. The predicted octanol–water partition coefficient (Wildman–Crippen LogP) is 2.53. The second-order valence-corrected chi connectivity index (χ2v) is 3.56. The van der Waals surface area contributed by atoms with Crippen LogP contribution in [0.2, 0.25) is 0 Å². The van der Waals surface area contributed by atoms with Crippen LogP contribution in [-0.2, 0) is 5.75 Å². The van der Waals surface area contributed by atoms with Crippen molar-refractivity contribution in [3.63, 3.8) is 0 Å². The molecule has 0 spiro atoms. The van der Waals surface area contributed by atoms with Crippen LogP contribution in [0.4, 0.5) is 0 Å². The molecule has 0 aliphatic rings. The fourth-order valence-electron chi connectivity index (χ4n) is 1.47. The number of hydrogen-bond acceptors (Lipinski definition) is 3. The summed E-state index contributed by atoms with van der Waals surface area (Å²) in [5, 5.41) is 0.963. The highest BCUT2D eigenvalue weighted by atomic mass is 32.1. The molecule has 1 heterocycles. The summed E-state index contributed by atoms with van der Waals surface area (Å²) in [7, 11) is 0. The van der Waals surface area contributed by atoms with Crippen molar-refractivity contribution in [2.75, 3.05) is 0 Å². The summed E-state index contributed by atoms with van der Waals surface area (Å²) < 4.78 is 5.10. The first-order valence-corrected chi connectivity index (χ1v) is 4.98. The fraction of sp³-hybridized carbons (Fsp3) is 0.182. The Morgan fingerprint density at radius 3 is 2.86 bits per heavy atom. The molecule has 0 radical (unpaired) electrons. The SMILES string of the molecule is Cc1ccc2c(CS)cc(=O)oc2c1. The molecule has 0 unspecified atom stereocenters. The first-order valence-electron chi connectivity index (χ1n) is 4.35. The monoisotopic (exact) mass is 206 g/mol. The highest BCUT2D eigenvalue weighted by Gasteiger charge is 2.03. The molecule has 0 atom stereocenters. The first kappa shape index (κ1) is 9.34. The molecule has 2 nitrogen and oxygen atoms in total. The van der Waals surface area contributed by atoms with Crippen molar-refractivity contribution in [1.82, 2.24) is 0 Å². The van der Waals surface area contributed by atoms with Gasteiger partial charge in [-0.15, -0.1) is 0 Å². The topological polar surface area (TPSA) is 30.2 Å². The van der Waals surface area contributed by atoms with E-state index in [0.717, 1.165) is 16.5 Å². The van der Waals surface area contributed by atoms with Crippen LogP contribution < -0.4 is 5.63 Å². The number of thiol groups is 1. The summed E-state index contributed by atoms with van der Waals surface area (Å²) in [6.07, 6.45) is 0. The van der Waals surface area contributed by atoms with Gasteiger partial charge in [0, 0.05) is 17.2 Å². The molecule has 0 saturated heterocycles. The van der Waals surface area contributed by atoms with Crippen LogP contribution in [0.1, 0.15) is 11.1 Å². The third-order valence-electron chi connectivity index (χ3n) is 2.16. The first-order chi connectivity index (χ1) is 6.70. The Hall–Kier alpha value is -1.22.